The molecule has 0 spiro atoms. The molecule has 0 atom stereocenters. The molecule has 1 aromatic carbocycles. The average molecular weight is 470 g/mol. The zero-order valence-electron chi connectivity index (χ0n) is 16.0. The Labute approximate surface area is 190 Å². The molecule has 0 unspecified atom stereocenters. The minimum atomic E-state index is -0.357. The number of nitrogens with zero attached hydrogens (tertiary/aromatic N) is 6. The number of amides is 1. The SMILES string of the molecule is Cc1c(C(=O)Nc2nc3scc(-c4ccc(Cl)cc4Cl)n3n2)cnn1-c1ccccn1. The first-order chi connectivity index (χ1) is 15.0. The van der Waals surface area contributed by atoms with Crippen molar-refractivity contribution in [1.29, 1.82) is 0 Å². The highest BCUT2D eigenvalue weighted by molar-refractivity contribution is 7.15. The number of nitrogens with one attached hydrogen (secondary N) is 1. The first-order valence-electron chi connectivity index (χ1n) is 9.08. The lowest BCUT2D eigenvalue weighted by molar-refractivity contribution is 0.102. The van der Waals surface area contributed by atoms with Crippen molar-refractivity contribution in [2.75, 3.05) is 5.32 Å². The van der Waals surface area contributed by atoms with Gasteiger partial charge in [0.05, 0.1) is 28.2 Å². The van der Waals surface area contributed by atoms with Crippen LogP contribution in [0.25, 0.3) is 22.0 Å². The van der Waals surface area contributed by atoms with E-state index in [0.717, 1.165) is 11.3 Å². The van der Waals surface area contributed by atoms with Crippen LogP contribution in [0.2, 0.25) is 10.0 Å². The van der Waals surface area contributed by atoms with Crippen LogP contribution in [0.15, 0.2) is 54.2 Å². The predicted molar refractivity (Wildman–Crippen MR) is 120 cm³/mol. The summed E-state index contributed by atoms with van der Waals surface area (Å²) in [6.07, 6.45) is 3.17. The van der Waals surface area contributed by atoms with Crippen LogP contribution in [0.4, 0.5) is 5.95 Å². The molecule has 8 nitrogen and oxygen atoms in total. The maximum absolute atomic E-state index is 12.8. The molecule has 0 fully saturated rings. The number of aromatic nitrogens is 6. The fraction of sp³-hybridized carbons (Fsp3) is 0.0500. The molecule has 4 aromatic heterocycles. The van der Waals surface area contributed by atoms with Crippen molar-refractivity contribution in [2.24, 2.45) is 0 Å². The second-order valence-corrected chi connectivity index (χ2v) is 8.25. The van der Waals surface area contributed by atoms with Crippen molar-refractivity contribution in [2.45, 2.75) is 6.92 Å². The van der Waals surface area contributed by atoms with Gasteiger partial charge in [-0.05, 0) is 37.3 Å². The highest BCUT2D eigenvalue weighted by atomic mass is 35.5. The number of halogens is 2. The first kappa shape index (κ1) is 19.7. The number of benzene rings is 1. The minimum Gasteiger partial charge on any atom is -0.289 e. The second kappa shape index (κ2) is 7.77. The van der Waals surface area contributed by atoms with Gasteiger partial charge < -0.3 is 0 Å². The minimum absolute atomic E-state index is 0.188. The molecule has 11 heteroatoms. The normalized spacial score (nSPS) is 11.2. The van der Waals surface area contributed by atoms with Gasteiger partial charge in [0.25, 0.3) is 11.9 Å². The largest absolute Gasteiger partial charge is 0.289 e. The summed E-state index contributed by atoms with van der Waals surface area (Å²) in [6, 6.07) is 10.7. The number of hydrogen-bond acceptors (Lipinski definition) is 6. The van der Waals surface area contributed by atoms with Gasteiger partial charge in [0.2, 0.25) is 4.96 Å². The third-order valence-corrected chi connectivity index (χ3v) is 6.00. The summed E-state index contributed by atoms with van der Waals surface area (Å²) in [5.41, 5.74) is 2.59. The molecule has 4 heterocycles. The Balaban J connectivity index is 1.43. The van der Waals surface area contributed by atoms with Gasteiger partial charge in [0.1, 0.15) is 0 Å². The van der Waals surface area contributed by atoms with Crippen LogP contribution in [0.3, 0.4) is 0 Å². The quantitative estimate of drug-likeness (QED) is 0.403. The van der Waals surface area contributed by atoms with E-state index in [1.54, 1.807) is 34.5 Å². The zero-order valence-corrected chi connectivity index (χ0v) is 18.3. The van der Waals surface area contributed by atoms with Crippen molar-refractivity contribution in [3.05, 3.63) is 75.5 Å². The van der Waals surface area contributed by atoms with Crippen LogP contribution in [-0.4, -0.2) is 35.3 Å². The molecule has 1 N–H and O–H groups in total. The fourth-order valence-corrected chi connectivity index (χ4v) is 4.46. The molecule has 1 amide bonds. The molecule has 0 aliphatic heterocycles. The third kappa shape index (κ3) is 3.56. The third-order valence-electron chi connectivity index (χ3n) is 4.63. The molecule has 0 aliphatic carbocycles. The maximum atomic E-state index is 12.8. The van der Waals surface area contributed by atoms with E-state index in [1.807, 2.05) is 29.6 Å². The molecule has 31 heavy (non-hydrogen) atoms. The summed E-state index contributed by atoms with van der Waals surface area (Å²) >= 11 is 13.7. The first-order valence-corrected chi connectivity index (χ1v) is 10.7. The van der Waals surface area contributed by atoms with Crippen LogP contribution in [0.1, 0.15) is 16.1 Å². The van der Waals surface area contributed by atoms with E-state index in [4.69, 9.17) is 23.2 Å². The number of carbonyl (C=O) groups is 1. The number of anilines is 1. The smallest absolute Gasteiger partial charge is 0.261 e. The van der Waals surface area contributed by atoms with Crippen molar-refractivity contribution in [3.63, 3.8) is 0 Å². The van der Waals surface area contributed by atoms with Gasteiger partial charge in [-0.3, -0.25) is 10.1 Å². The van der Waals surface area contributed by atoms with Gasteiger partial charge in [-0.25, -0.2) is 14.2 Å². The van der Waals surface area contributed by atoms with Crippen molar-refractivity contribution in [3.8, 4) is 17.1 Å². The van der Waals surface area contributed by atoms with E-state index in [0.29, 0.717) is 32.1 Å². The van der Waals surface area contributed by atoms with E-state index >= 15 is 0 Å². The Bertz CT molecular complexity index is 1420. The van der Waals surface area contributed by atoms with Crippen LogP contribution in [0, 0.1) is 6.92 Å². The molecule has 0 saturated heterocycles. The molecule has 0 radical (unpaired) electrons. The van der Waals surface area contributed by atoms with E-state index in [2.05, 4.69) is 25.5 Å². The Kier molecular flexibility index (Phi) is 4.93. The standard InChI is InChI=1S/C20H13Cl2N7OS/c1-11-14(9-24-28(11)17-4-2-3-7-23-17)18(30)25-19-26-20-29(27-19)16(10-31-20)13-6-5-12(21)8-15(13)22/h2-10H,1H3,(H,25,27,30). The molecule has 154 valence electrons. The summed E-state index contributed by atoms with van der Waals surface area (Å²) < 4.78 is 3.24. The lowest BCUT2D eigenvalue weighted by Crippen LogP contribution is -2.14. The van der Waals surface area contributed by atoms with Gasteiger partial charge in [0, 0.05) is 22.2 Å². The van der Waals surface area contributed by atoms with Gasteiger partial charge in [-0.1, -0.05) is 29.3 Å². The van der Waals surface area contributed by atoms with Crippen LogP contribution < -0.4 is 5.32 Å². The highest BCUT2D eigenvalue weighted by Crippen LogP contribution is 2.33. The van der Waals surface area contributed by atoms with E-state index in [-0.39, 0.29) is 11.9 Å². The molecule has 0 saturated carbocycles. The fourth-order valence-electron chi connectivity index (χ4n) is 3.13. The molecule has 0 bridgehead atoms. The Hall–Kier alpha value is -3.27. The number of thiazole rings is 1. The predicted octanol–water partition coefficient (Wildman–Crippen LogP) is 4.91. The number of carbonyl (C=O) groups excluding carboxylic acids is 1. The Morgan fingerprint density at radius 2 is 2.06 bits per heavy atom. The Morgan fingerprint density at radius 1 is 1.19 bits per heavy atom. The molecule has 0 aliphatic rings. The number of rotatable bonds is 4. The van der Waals surface area contributed by atoms with Crippen molar-refractivity contribution < 1.29 is 4.79 Å². The lowest BCUT2D eigenvalue weighted by atomic mass is 10.2. The number of fused-ring (bicyclic) bond motifs is 1. The summed E-state index contributed by atoms with van der Waals surface area (Å²) in [5.74, 6) is 0.460. The topological polar surface area (TPSA) is 90.0 Å². The second-order valence-electron chi connectivity index (χ2n) is 6.57. The number of pyridine rings is 1. The summed E-state index contributed by atoms with van der Waals surface area (Å²) in [6.45, 7) is 1.80. The van der Waals surface area contributed by atoms with E-state index in [1.165, 1.54) is 17.5 Å². The average Bonchev–Trinajstić information content (AvgIpc) is 3.43. The summed E-state index contributed by atoms with van der Waals surface area (Å²) in [5, 5.41) is 14.4. The summed E-state index contributed by atoms with van der Waals surface area (Å²) in [4.78, 5) is 22.1. The Morgan fingerprint density at radius 3 is 2.84 bits per heavy atom. The van der Waals surface area contributed by atoms with Gasteiger partial charge in [0.15, 0.2) is 5.82 Å². The van der Waals surface area contributed by atoms with Crippen LogP contribution in [-0.2, 0) is 0 Å². The molecule has 5 aromatic rings. The van der Waals surface area contributed by atoms with E-state index in [9.17, 15) is 4.79 Å². The molecular weight excluding hydrogens is 457 g/mol. The summed E-state index contributed by atoms with van der Waals surface area (Å²) in [7, 11) is 0. The molecular formula is C20H13Cl2N7OS. The highest BCUT2D eigenvalue weighted by Gasteiger charge is 2.19. The van der Waals surface area contributed by atoms with Gasteiger partial charge >= 0.3 is 0 Å². The van der Waals surface area contributed by atoms with Crippen molar-refractivity contribution in [1.82, 2.24) is 29.4 Å². The van der Waals surface area contributed by atoms with Crippen LogP contribution in [0.5, 0.6) is 0 Å². The lowest BCUT2D eigenvalue weighted by Gasteiger charge is -2.04. The van der Waals surface area contributed by atoms with Gasteiger partial charge in [-0.15, -0.1) is 16.4 Å². The monoisotopic (exact) mass is 469 g/mol. The number of hydrogen-bond donors (Lipinski definition) is 1. The zero-order chi connectivity index (χ0) is 21.5. The maximum Gasteiger partial charge on any atom is 0.261 e. The van der Waals surface area contributed by atoms with Crippen molar-refractivity contribution >= 4 is 51.4 Å². The molecule has 5 rings (SSSR count). The van der Waals surface area contributed by atoms with Gasteiger partial charge in [-0.2, -0.15) is 10.1 Å². The van der Waals surface area contributed by atoms with Crippen LogP contribution >= 0.6 is 34.5 Å². The van der Waals surface area contributed by atoms with E-state index < -0.39 is 0 Å².